The van der Waals surface area contributed by atoms with Crippen LogP contribution in [-0.2, 0) is 4.79 Å². The maximum atomic E-state index is 12.5. The number of rotatable bonds is 7. The van der Waals surface area contributed by atoms with E-state index in [2.05, 4.69) is 50.3 Å². The Hall–Kier alpha value is -1.55. The van der Waals surface area contributed by atoms with Crippen LogP contribution in [0, 0.1) is 0 Å². The van der Waals surface area contributed by atoms with E-state index in [1.54, 1.807) is 0 Å². The first-order valence-electron chi connectivity index (χ1n) is 9.56. The summed E-state index contributed by atoms with van der Waals surface area (Å²) in [5, 5.41) is 3.12. The summed E-state index contributed by atoms with van der Waals surface area (Å²) in [6, 6.07) is 8.02. The van der Waals surface area contributed by atoms with Gasteiger partial charge in [0.1, 0.15) is 5.75 Å². The second-order valence-corrected chi connectivity index (χ2v) is 7.88. The maximum Gasteiger partial charge on any atom is 0.260 e. The summed E-state index contributed by atoms with van der Waals surface area (Å²) in [6.45, 7) is 6.84. The zero-order chi connectivity index (χ0) is 18.4. The van der Waals surface area contributed by atoms with Gasteiger partial charge in [-0.3, -0.25) is 4.79 Å². The molecule has 1 amide bonds. The van der Waals surface area contributed by atoms with Crippen molar-refractivity contribution in [2.24, 2.45) is 0 Å². The molecule has 2 rings (SSSR count). The van der Waals surface area contributed by atoms with Gasteiger partial charge in [0, 0.05) is 12.1 Å². The van der Waals surface area contributed by atoms with Crippen LogP contribution in [0.5, 0.6) is 5.75 Å². The largest absolute Gasteiger partial charge is 0.481 e. The van der Waals surface area contributed by atoms with Gasteiger partial charge in [-0.25, -0.2) is 0 Å². The maximum absolute atomic E-state index is 12.5. The summed E-state index contributed by atoms with van der Waals surface area (Å²) in [6.07, 6.45) is 5.57. The van der Waals surface area contributed by atoms with E-state index in [4.69, 9.17) is 4.74 Å². The van der Waals surface area contributed by atoms with E-state index in [0.29, 0.717) is 12.5 Å². The quantitative estimate of drug-likeness (QED) is 0.812. The summed E-state index contributed by atoms with van der Waals surface area (Å²) < 4.78 is 5.82. The SMILES string of the molecule is CC(C)c1ccc(O[C@H](C)C(=O)NCC2(N(C)C)CCCCC2)cc1. The molecule has 0 bridgehead atoms. The molecule has 0 unspecified atom stereocenters. The van der Waals surface area contributed by atoms with Gasteiger partial charge in [-0.15, -0.1) is 0 Å². The van der Waals surface area contributed by atoms with Crippen molar-refractivity contribution in [3.63, 3.8) is 0 Å². The van der Waals surface area contributed by atoms with E-state index in [0.717, 1.165) is 18.6 Å². The lowest BCUT2D eigenvalue weighted by Crippen LogP contribution is -2.55. The van der Waals surface area contributed by atoms with Gasteiger partial charge in [0.2, 0.25) is 0 Å². The van der Waals surface area contributed by atoms with Crippen LogP contribution in [-0.4, -0.2) is 43.1 Å². The highest BCUT2D eigenvalue weighted by atomic mass is 16.5. The van der Waals surface area contributed by atoms with Gasteiger partial charge in [0.25, 0.3) is 5.91 Å². The van der Waals surface area contributed by atoms with Crippen molar-refractivity contribution in [3.05, 3.63) is 29.8 Å². The minimum atomic E-state index is -0.493. The molecule has 4 heteroatoms. The number of nitrogens with zero attached hydrogens (tertiary/aromatic N) is 1. The lowest BCUT2D eigenvalue weighted by Gasteiger charge is -2.43. The van der Waals surface area contributed by atoms with Crippen LogP contribution in [0.1, 0.15) is 64.4 Å². The van der Waals surface area contributed by atoms with Crippen LogP contribution in [0.4, 0.5) is 0 Å². The molecule has 1 aromatic carbocycles. The van der Waals surface area contributed by atoms with Crippen molar-refractivity contribution >= 4 is 5.91 Å². The topological polar surface area (TPSA) is 41.6 Å². The second kappa shape index (κ2) is 8.70. The van der Waals surface area contributed by atoms with Gasteiger partial charge < -0.3 is 15.0 Å². The molecule has 1 fully saturated rings. The van der Waals surface area contributed by atoms with Gasteiger partial charge in [0.05, 0.1) is 0 Å². The minimum absolute atomic E-state index is 0.0419. The summed E-state index contributed by atoms with van der Waals surface area (Å²) in [5.41, 5.74) is 1.36. The molecule has 0 saturated heterocycles. The Morgan fingerprint density at radius 3 is 2.24 bits per heavy atom. The van der Waals surface area contributed by atoms with E-state index in [1.165, 1.54) is 24.8 Å². The van der Waals surface area contributed by atoms with Crippen molar-refractivity contribution in [1.82, 2.24) is 10.2 Å². The summed E-state index contributed by atoms with van der Waals surface area (Å²) in [7, 11) is 4.24. The lowest BCUT2D eigenvalue weighted by atomic mass is 9.80. The Morgan fingerprint density at radius 1 is 1.12 bits per heavy atom. The Bertz CT molecular complexity index is 546. The molecule has 25 heavy (non-hydrogen) atoms. The van der Waals surface area contributed by atoms with Gasteiger partial charge in [0.15, 0.2) is 6.10 Å². The number of hydrogen-bond donors (Lipinski definition) is 1. The number of nitrogens with one attached hydrogen (secondary N) is 1. The molecule has 1 aliphatic carbocycles. The second-order valence-electron chi connectivity index (χ2n) is 7.88. The predicted octanol–water partition coefficient (Wildman–Crippen LogP) is 3.96. The minimum Gasteiger partial charge on any atom is -0.481 e. The fourth-order valence-electron chi connectivity index (χ4n) is 3.58. The fraction of sp³-hybridized carbons (Fsp3) is 0.667. The Kier molecular flexibility index (Phi) is 6.88. The predicted molar refractivity (Wildman–Crippen MR) is 103 cm³/mol. The summed E-state index contributed by atoms with van der Waals surface area (Å²) in [5.74, 6) is 1.19. The molecular weight excluding hydrogens is 312 g/mol. The molecule has 1 N–H and O–H groups in total. The highest BCUT2D eigenvalue weighted by Gasteiger charge is 2.34. The number of benzene rings is 1. The number of likely N-dealkylation sites (N-methyl/N-ethyl adjacent to an activating group) is 1. The fourth-order valence-corrected chi connectivity index (χ4v) is 3.58. The highest BCUT2D eigenvalue weighted by Crippen LogP contribution is 2.31. The first-order valence-corrected chi connectivity index (χ1v) is 9.56. The molecule has 1 saturated carbocycles. The third kappa shape index (κ3) is 5.21. The van der Waals surface area contributed by atoms with Crippen molar-refractivity contribution in [3.8, 4) is 5.75 Å². The van der Waals surface area contributed by atoms with Crippen molar-refractivity contribution in [2.45, 2.75) is 70.4 Å². The highest BCUT2D eigenvalue weighted by molar-refractivity contribution is 5.80. The normalized spacial score (nSPS) is 18.2. The molecule has 140 valence electrons. The number of hydrogen-bond acceptors (Lipinski definition) is 3. The van der Waals surface area contributed by atoms with Crippen LogP contribution in [0.2, 0.25) is 0 Å². The average Bonchev–Trinajstić information content (AvgIpc) is 2.60. The molecule has 1 atom stereocenters. The smallest absolute Gasteiger partial charge is 0.260 e. The molecule has 4 nitrogen and oxygen atoms in total. The molecule has 0 heterocycles. The van der Waals surface area contributed by atoms with Crippen LogP contribution in [0.15, 0.2) is 24.3 Å². The zero-order valence-corrected chi connectivity index (χ0v) is 16.5. The van der Waals surface area contributed by atoms with Gasteiger partial charge >= 0.3 is 0 Å². The van der Waals surface area contributed by atoms with Crippen molar-refractivity contribution in [2.75, 3.05) is 20.6 Å². The average molecular weight is 347 g/mol. The first-order chi connectivity index (χ1) is 11.8. The molecule has 1 aromatic rings. The molecule has 1 aliphatic rings. The van der Waals surface area contributed by atoms with Crippen molar-refractivity contribution < 1.29 is 9.53 Å². The van der Waals surface area contributed by atoms with Gasteiger partial charge in [-0.1, -0.05) is 45.2 Å². The number of amides is 1. The molecule has 0 aromatic heterocycles. The number of carbonyl (C=O) groups excluding carboxylic acids is 1. The van der Waals surface area contributed by atoms with Crippen LogP contribution >= 0.6 is 0 Å². The molecule has 0 radical (unpaired) electrons. The molecular formula is C21H34N2O2. The first kappa shape index (κ1) is 19.8. The van der Waals surface area contributed by atoms with Gasteiger partial charge in [-0.2, -0.15) is 0 Å². The Morgan fingerprint density at radius 2 is 1.72 bits per heavy atom. The summed E-state index contributed by atoms with van der Waals surface area (Å²) >= 11 is 0. The Balaban J connectivity index is 1.89. The van der Waals surface area contributed by atoms with Crippen molar-refractivity contribution in [1.29, 1.82) is 0 Å². The number of ether oxygens (including phenoxy) is 1. The van der Waals surface area contributed by atoms with E-state index < -0.39 is 6.10 Å². The standard InChI is InChI=1S/C21H34N2O2/c1-16(2)18-9-11-19(12-10-18)25-17(3)20(24)22-15-21(23(4)5)13-7-6-8-14-21/h9-12,16-17H,6-8,13-15H2,1-5H3,(H,22,24)/t17-/m1/s1. The third-order valence-electron chi connectivity index (χ3n) is 5.55. The van der Waals surface area contributed by atoms with Gasteiger partial charge in [-0.05, 0) is 57.5 Å². The van der Waals surface area contributed by atoms with Crippen LogP contribution in [0.25, 0.3) is 0 Å². The van der Waals surface area contributed by atoms with Crippen LogP contribution < -0.4 is 10.1 Å². The summed E-state index contributed by atoms with van der Waals surface area (Å²) in [4.78, 5) is 14.8. The van der Waals surface area contributed by atoms with E-state index in [9.17, 15) is 4.79 Å². The third-order valence-corrected chi connectivity index (χ3v) is 5.55. The monoisotopic (exact) mass is 346 g/mol. The Labute approximate surface area is 152 Å². The lowest BCUT2D eigenvalue weighted by molar-refractivity contribution is -0.128. The zero-order valence-electron chi connectivity index (χ0n) is 16.5. The van der Waals surface area contributed by atoms with E-state index in [-0.39, 0.29) is 11.4 Å². The molecule has 0 aliphatic heterocycles. The van der Waals surface area contributed by atoms with Crippen LogP contribution in [0.3, 0.4) is 0 Å². The van der Waals surface area contributed by atoms with E-state index >= 15 is 0 Å². The molecule has 0 spiro atoms. The number of carbonyl (C=O) groups is 1. The van der Waals surface area contributed by atoms with E-state index in [1.807, 2.05) is 19.1 Å².